The summed E-state index contributed by atoms with van der Waals surface area (Å²) >= 11 is 1.81. The number of benzene rings is 3. The summed E-state index contributed by atoms with van der Waals surface area (Å²) in [6, 6.07) is 29.1. The smallest absolute Gasteiger partial charge is 0.212 e. The summed E-state index contributed by atoms with van der Waals surface area (Å²) in [7, 11) is 0. The minimum absolute atomic E-state index is 0.176. The standard InChI is InChI=1S/C34H40N4OS/c1-2-3-4-12-22-29(33-36-28-21-13-14-23-30(28)39-33)35-24-15-7-16-25-40-34-37-31(26-17-8-5-9-18-26)32(38-34)27-19-10-6-11-20-27/h5-6,8-11,13-14,17-21,23,29,35H,2-4,7,12,15-16,22,24-25H2,1H3,(H,37,38). The van der Waals surface area contributed by atoms with Crippen molar-refractivity contribution in [3.63, 3.8) is 0 Å². The van der Waals surface area contributed by atoms with E-state index < -0.39 is 0 Å². The first kappa shape index (κ1) is 28.2. The van der Waals surface area contributed by atoms with Crippen molar-refractivity contribution in [3.05, 3.63) is 90.8 Å². The van der Waals surface area contributed by atoms with Gasteiger partial charge in [0.1, 0.15) is 5.52 Å². The number of unbranched alkanes of at least 4 members (excludes halogenated alkanes) is 5. The largest absolute Gasteiger partial charge is 0.439 e. The molecular formula is C34H40N4OS. The van der Waals surface area contributed by atoms with E-state index in [1.54, 1.807) is 0 Å². The molecule has 3 aromatic carbocycles. The summed E-state index contributed by atoms with van der Waals surface area (Å²) in [5.74, 6) is 1.87. The summed E-state index contributed by atoms with van der Waals surface area (Å²) < 4.78 is 6.12. The molecular weight excluding hydrogens is 512 g/mol. The number of H-pyrrole nitrogens is 1. The summed E-state index contributed by atoms with van der Waals surface area (Å²) in [6.45, 7) is 3.23. The number of oxazole rings is 1. The predicted molar refractivity (Wildman–Crippen MR) is 168 cm³/mol. The Morgan fingerprint density at radius 3 is 2.27 bits per heavy atom. The molecule has 0 radical (unpaired) electrons. The monoisotopic (exact) mass is 552 g/mol. The van der Waals surface area contributed by atoms with Crippen LogP contribution in [0.2, 0.25) is 0 Å². The molecule has 1 atom stereocenters. The van der Waals surface area contributed by atoms with E-state index in [-0.39, 0.29) is 6.04 Å². The van der Waals surface area contributed by atoms with E-state index in [1.165, 1.54) is 32.1 Å². The highest BCUT2D eigenvalue weighted by Crippen LogP contribution is 2.33. The highest BCUT2D eigenvalue weighted by atomic mass is 32.2. The molecule has 0 aliphatic rings. The van der Waals surface area contributed by atoms with Gasteiger partial charge in [-0.25, -0.2) is 9.97 Å². The molecule has 208 valence electrons. The van der Waals surface area contributed by atoms with Crippen molar-refractivity contribution in [2.45, 2.75) is 69.5 Å². The fraction of sp³-hybridized carbons (Fsp3) is 0.353. The lowest BCUT2D eigenvalue weighted by atomic mass is 10.1. The number of hydrogen-bond acceptors (Lipinski definition) is 5. The second-order valence-corrected chi connectivity index (χ2v) is 11.4. The molecule has 5 rings (SSSR count). The van der Waals surface area contributed by atoms with Gasteiger partial charge in [0.25, 0.3) is 0 Å². The van der Waals surface area contributed by atoms with E-state index >= 15 is 0 Å². The minimum atomic E-state index is 0.176. The first-order chi connectivity index (χ1) is 19.8. The van der Waals surface area contributed by atoms with Crippen LogP contribution in [0.4, 0.5) is 0 Å². The van der Waals surface area contributed by atoms with E-state index in [4.69, 9.17) is 14.4 Å². The Bertz CT molecular complexity index is 1340. The number of fused-ring (bicyclic) bond motifs is 1. The number of para-hydroxylation sites is 2. The Hall–Kier alpha value is -3.35. The lowest BCUT2D eigenvalue weighted by molar-refractivity contribution is 0.380. The van der Waals surface area contributed by atoms with Crippen molar-refractivity contribution in [2.24, 2.45) is 0 Å². The van der Waals surface area contributed by atoms with Crippen LogP contribution in [0, 0.1) is 0 Å². The van der Waals surface area contributed by atoms with Crippen LogP contribution in [0.1, 0.15) is 70.2 Å². The maximum Gasteiger partial charge on any atom is 0.212 e. The number of nitrogens with zero attached hydrogens (tertiary/aromatic N) is 2. The van der Waals surface area contributed by atoms with Crippen molar-refractivity contribution >= 4 is 22.9 Å². The van der Waals surface area contributed by atoms with Gasteiger partial charge in [0.05, 0.1) is 17.4 Å². The fourth-order valence-corrected chi connectivity index (χ4v) is 5.89. The van der Waals surface area contributed by atoms with Crippen molar-refractivity contribution in [1.82, 2.24) is 20.3 Å². The van der Waals surface area contributed by atoms with Crippen LogP contribution < -0.4 is 5.32 Å². The average molecular weight is 553 g/mol. The number of imidazole rings is 1. The summed E-state index contributed by atoms with van der Waals surface area (Å²) in [6.07, 6.45) is 9.51. The van der Waals surface area contributed by atoms with Gasteiger partial charge in [0, 0.05) is 16.9 Å². The second kappa shape index (κ2) is 14.9. The zero-order valence-electron chi connectivity index (χ0n) is 23.4. The normalized spacial score (nSPS) is 12.2. The summed E-state index contributed by atoms with van der Waals surface area (Å²) in [5, 5.41) is 4.73. The van der Waals surface area contributed by atoms with E-state index in [9.17, 15) is 0 Å². The number of hydrogen-bond donors (Lipinski definition) is 2. The molecule has 0 bridgehead atoms. The van der Waals surface area contributed by atoms with Crippen molar-refractivity contribution in [3.8, 4) is 22.5 Å². The fourth-order valence-electron chi connectivity index (χ4n) is 5.01. The number of nitrogens with one attached hydrogen (secondary N) is 2. The van der Waals surface area contributed by atoms with Gasteiger partial charge >= 0.3 is 0 Å². The first-order valence-corrected chi connectivity index (χ1v) is 15.7. The molecule has 0 spiro atoms. The van der Waals surface area contributed by atoms with Crippen LogP contribution in [-0.2, 0) is 0 Å². The van der Waals surface area contributed by atoms with Crippen LogP contribution in [0.5, 0.6) is 0 Å². The summed E-state index contributed by atoms with van der Waals surface area (Å²) in [4.78, 5) is 13.4. The molecule has 5 nitrogen and oxygen atoms in total. The zero-order chi connectivity index (χ0) is 27.4. The Kier molecular flexibility index (Phi) is 10.5. The van der Waals surface area contributed by atoms with Gasteiger partial charge in [-0.3, -0.25) is 0 Å². The van der Waals surface area contributed by atoms with Gasteiger partial charge in [-0.2, -0.15) is 0 Å². The van der Waals surface area contributed by atoms with Gasteiger partial charge in [0.2, 0.25) is 5.89 Å². The van der Waals surface area contributed by atoms with Crippen molar-refractivity contribution in [1.29, 1.82) is 0 Å². The van der Waals surface area contributed by atoms with Crippen LogP contribution >= 0.6 is 11.8 Å². The molecule has 0 saturated carbocycles. The molecule has 6 heteroatoms. The minimum Gasteiger partial charge on any atom is -0.439 e. The predicted octanol–water partition coefficient (Wildman–Crippen LogP) is 9.45. The molecule has 0 aliphatic carbocycles. The van der Waals surface area contributed by atoms with Crippen LogP contribution in [-0.4, -0.2) is 27.2 Å². The molecule has 2 N–H and O–H groups in total. The lowest BCUT2D eigenvalue weighted by Gasteiger charge is -2.15. The third-order valence-electron chi connectivity index (χ3n) is 7.20. The van der Waals surface area contributed by atoms with Gasteiger partial charge < -0.3 is 14.7 Å². The van der Waals surface area contributed by atoms with E-state index in [2.05, 4.69) is 71.8 Å². The molecule has 0 aliphatic heterocycles. The molecule has 40 heavy (non-hydrogen) atoms. The maximum atomic E-state index is 6.12. The maximum absolute atomic E-state index is 6.12. The van der Waals surface area contributed by atoms with Crippen LogP contribution in [0.3, 0.4) is 0 Å². The van der Waals surface area contributed by atoms with Crippen LogP contribution in [0.15, 0.2) is 94.5 Å². The number of rotatable bonds is 16. The molecule has 2 heterocycles. The average Bonchev–Trinajstić information content (AvgIpc) is 3.63. The highest BCUT2D eigenvalue weighted by molar-refractivity contribution is 7.99. The molecule has 0 amide bonds. The highest BCUT2D eigenvalue weighted by Gasteiger charge is 2.18. The quantitative estimate of drug-likeness (QED) is 0.0942. The van der Waals surface area contributed by atoms with Crippen LogP contribution in [0.25, 0.3) is 33.6 Å². The molecule has 5 aromatic rings. The van der Waals surface area contributed by atoms with E-state index in [0.717, 1.165) is 76.2 Å². The zero-order valence-corrected chi connectivity index (χ0v) is 24.3. The molecule has 0 saturated heterocycles. The third kappa shape index (κ3) is 7.64. The molecule has 0 fully saturated rings. The Balaban J connectivity index is 1.11. The lowest BCUT2D eigenvalue weighted by Crippen LogP contribution is -2.23. The number of aromatic amines is 1. The van der Waals surface area contributed by atoms with Crippen molar-refractivity contribution in [2.75, 3.05) is 12.3 Å². The summed E-state index contributed by atoms with van der Waals surface area (Å²) in [5.41, 5.74) is 6.22. The van der Waals surface area contributed by atoms with Gasteiger partial charge in [-0.1, -0.05) is 124 Å². The van der Waals surface area contributed by atoms with Gasteiger partial charge in [-0.15, -0.1) is 0 Å². The molecule has 2 aromatic heterocycles. The number of thioether (sulfide) groups is 1. The topological polar surface area (TPSA) is 66.7 Å². The molecule has 1 unspecified atom stereocenters. The van der Waals surface area contributed by atoms with E-state index in [0.29, 0.717) is 0 Å². The van der Waals surface area contributed by atoms with Crippen molar-refractivity contribution < 1.29 is 4.42 Å². The second-order valence-electron chi connectivity index (χ2n) is 10.3. The van der Waals surface area contributed by atoms with E-state index in [1.807, 2.05) is 42.1 Å². The van der Waals surface area contributed by atoms with Gasteiger partial charge in [0.15, 0.2) is 10.7 Å². The Morgan fingerprint density at radius 1 is 0.775 bits per heavy atom. The Morgan fingerprint density at radius 2 is 1.50 bits per heavy atom. The number of aromatic nitrogens is 3. The third-order valence-corrected chi connectivity index (χ3v) is 8.16. The Labute approximate surface area is 242 Å². The SMILES string of the molecule is CCCCCCC(NCCCCCSc1nc(-c2ccccc2)c(-c2ccccc2)[nH]1)c1nc2ccccc2o1. The van der Waals surface area contributed by atoms with Gasteiger partial charge in [-0.05, 0) is 37.9 Å². The first-order valence-electron chi connectivity index (χ1n) is 14.7.